The van der Waals surface area contributed by atoms with Gasteiger partial charge in [0.05, 0.1) is 68.3 Å². The van der Waals surface area contributed by atoms with E-state index in [-0.39, 0.29) is 52.5 Å². The first-order valence-electron chi connectivity index (χ1n) is 27.3. The maximum Gasteiger partial charge on any atom is 0.410 e. The van der Waals surface area contributed by atoms with Crippen molar-refractivity contribution in [2.24, 2.45) is 0 Å². The van der Waals surface area contributed by atoms with E-state index in [9.17, 15) is 14.4 Å². The molecule has 0 spiro atoms. The van der Waals surface area contributed by atoms with E-state index in [4.69, 9.17) is 28.9 Å². The monoisotopic (exact) mass is 1250 g/mol. The van der Waals surface area contributed by atoms with Crippen molar-refractivity contribution in [1.82, 2.24) is 24.8 Å². The van der Waals surface area contributed by atoms with Crippen molar-refractivity contribution in [2.45, 2.75) is 195 Å². The number of aryl methyl sites for hydroxylation is 1. The molecule has 2 aliphatic rings. The van der Waals surface area contributed by atoms with Crippen molar-refractivity contribution in [3.05, 3.63) is 79.7 Å². The van der Waals surface area contributed by atoms with Crippen LogP contribution in [-0.2, 0) is 53.6 Å². The van der Waals surface area contributed by atoms with E-state index in [0.29, 0.717) is 50.3 Å². The van der Waals surface area contributed by atoms with Crippen LogP contribution in [0, 0.1) is 6.92 Å². The molecule has 0 bridgehead atoms. The lowest BCUT2D eigenvalue weighted by atomic mass is 9.78. The number of ether oxygens (including phenoxy) is 4. The zero-order valence-corrected chi connectivity index (χ0v) is 55.4. The molecule has 17 heteroatoms. The van der Waals surface area contributed by atoms with Gasteiger partial charge in [-0.3, -0.25) is 9.59 Å². The first-order chi connectivity index (χ1) is 36.1. The van der Waals surface area contributed by atoms with Crippen LogP contribution in [0.25, 0.3) is 22.5 Å². The average molecular weight is 1260 g/mol. The molecule has 0 aliphatic carbocycles. The van der Waals surface area contributed by atoms with Crippen LogP contribution in [0.1, 0.15) is 196 Å². The number of esters is 1. The van der Waals surface area contributed by atoms with Gasteiger partial charge in [0.2, 0.25) is 5.91 Å². The standard InChI is InChI=1S/C33H44BrN3O4S2.C28H41BrN2O3S/c1-10-41-27(39)17-24-19(2)42-25(35-24)18-26(38)37-13-11-20(12-14-37)31-36-28(30(34)43-31)21-15-22(32(3,4)5)29(40-9)23(16-21)33(6,7)8;1-26(2,3)19-15-18(16-20(22(19)33-10)27(4,5)6)21-23(29)35-24(30-21)17-11-13-31(14-12-17)25(32)34-28(7,8)9/h15-16,20H,10-14,17-18H2,1-9H3;15-17H,11-14H2,1-10H3. The highest BCUT2D eigenvalue weighted by molar-refractivity contribution is 9.11. The summed E-state index contributed by atoms with van der Waals surface area (Å²) in [4.78, 5) is 57.1. The van der Waals surface area contributed by atoms with Crippen molar-refractivity contribution in [2.75, 3.05) is 47.0 Å². The highest BCUT2D eigenvalue weighted by Crippen LogP contribution is 2.48. The first-order valence-corrected chi connectivity index (χ1v) is 31.3. The molecule has 5 aromatic rings. The van der Waals surface area contributed by atoms with Crippen LogP contribution in [0.2, 0.25) is 0 Å². The summed E-state index contributed by atoms with van der Waals surface area (Å²) >= 11 is 12.5. The molecule has 0 unspecified atom stereocenters. The Kier molecular flexibility index (Phi) is 20.3. The molecule has 428 valence electrons. The maximum absolute atomic E-state index is 13.1. The molecule has 0 radical (unpaired) electrons. The number of carbonyl (C=O) groups excluding carboxylic acids is 3. The minimum atomic E-state index is -0.473. The number of hydrogen-bond acceptors (Lipinski definition) is 13. The average Bonchev–Trinajstić information content (AvgIpc) is 4.15. The Balaban J connectivity index is 0.000000258. The van der Waals surface area contributed by atoms with E-state index < -0.39 is 5.60 Å². The Bertz CT molecular complexity index is 2860. The molecule has 3 aromatic heterocycles. The van der Waals surface area contributed by atoms with Crippen molar-refractivity contribution < 1.29 is 33.3 Å². The van der Waals surface area contributed by atoms with E-state index in [2.05, 4.69) is 144 Å². The number of halogens is 2. The second kappa shape index (κ2) is 25.1. The van der Waals surface area contributed by atoms with Gasteiger partial charge < -0.3 is 28.7 Å². The Morgan fingerprint density at radius 2 is 0.974 bits per heavy atom. The van der Waals surface area contributed by atoms with E-state index >= 15 is 0 Å². The van der Waals surface area contributed by atoms with Gasteiger partial charge in [0.25, 0.3) is 0 Å². The number of amides is 2. The molecule has 0 atom stereocenters. The van der Waals surface area contributed by atoms with Gasteiger partial charge in [-0.1, -0.05) is 83.1 Å². The number of rotatable bonds is 11. The van der Waals surface area contributed by atoms with E-state index in [1.54, 1.807) is 43.8 Å². The molecule has 0 saturated carbocycles. The summed E-state index contributed by atoms with van der Waals surface area (Å²) in [5, 5.41) is 2.99. The van der Waals surface area contributed by atoms with Gasteiger partial charge in [0, 0.05) is 76.3 Å². The van der Waals surface area contributed by atoms with Crippen LogP contribution < -0.4 is 9.47 Å². The highest BCUT2D eigenvalue weighted by Gasteiger charge is 2.34. The molecule has 78 heavy (non-hydrogen) atoms. The number of carbonyl (C=O) groups is 3. The van der Waals surface area contributed by atoms with E-state index in [1.807, 2.05) is 37.5 Å². The third kappa shape index (κ3) is 15.8. The number of methoxy groups -OCH3 is 2. The molecule has 2 aromatic carbocycles. The van der Waals surface area contributed by atoms with E-state index in [0.717, 1.165) is 87.2 Å². The topological polar surface area (TPSA) is 133 Å². The van der Waals surface area contributed by atoms with Crippen LogP contribution in [0.4, 0.5) is 4.79 Å². The summed E-state index contributed by atoms with van der Waals surface area (Å²) in [5.74, 6) is 2.36. The zero-order valence-electron chi connectivity index (χ0n) is 49.8. The molecule has 2 saturated heterocycles. The largest absolute Gasteiger partial charge is 0.496 e. The van der Waals surface area contributed by atoms with Crippen LogP contribution in [0.5, 0.6) is 11.5 Å². The van der Waals surface area contributed by atoms with Gasteiger partial charge in [0.15, 0.2) is 0 Å². The Morgan fingerprint density at radius 1 is 0.590 bits per heavy atom. The van der Waals surface area contributed by atoms with Crippen LogP contribution in [-0.4, -0.2) is 95.3 Å². The molecule has 12 nitrogen and oxygen atoms in total. The number of likely N-dealkylation sites (tertiary alicyclic amines) is 2. The number of thiazole rings is 3. The Labute approximate surface area is 494 Å². The fourth-order valence-corrected chi connectivity index (χ4v) is 14.4. The summed E-state index contributed by atoms with van der Waals surface area (Å²) < 4.78 is 24.6. The van der Waals surface area contributed by atoms with E-state index in [1.165, 1.54) is 33.6 Å². The summed E-state index contributed by atoms with van der Waals surface area (Å²) in [7, 11) is 3.52. The normalized spacial score (nSPS) is 15.2. The predicted molar refractivity (Wildman–Crippen MR) is 328 cm³/mol. The number of benzene rings is 2. The molecule has 2 fully saturated rings. The summed E-state index contributed by atoms with van der Waals surface area (Å²) in [5.41, 5.74) is 8.80. The number of aromatic nitrogens is 3. The lowest BCUT2D eigenvalue weighted by molar-refractivity contribution is -0.142. The Morgan fingerprint density at radius 3 is 1.32 bits per heavy atom. The lowest BCUT2D eigenvalue weighted by Crippen LogP contribution is -2.41. The molecular formula is C61H85Br2N5O7S3. The number of piperidine rings is 2. The number of nitrogens with zero attached hydrogens (tertiary/aromatic N) is 5. The molecule has 2 aliphatic heterocycles. The quantitative estimate of drug-likeness (QED) is 0.118. The van der Waals surface area contributed by atoms with Crippen LogP contribution >= 0.6 is 65.9 Å². The molecular weight excluding hydrogens is 1170 g/mol. The van der Waals surface area contributed by atoms with Gasteiger partial charge in [-0.2, -0.15) is 0 Å². The third-order valence-corrected chi connectivity index (χ3v) is 18.9. The summed E-state index contributed by atoms with van der Waals surface area (Å²) in [6.07, 6.45) is 3.71. The Hall–Kier alpha value is -3.90. The first kappa shape index (κ1) is 63.3. The third-order valence-electron chi connectivity index (χ3n) is 14.1. The van der Waals surface area contributed by atoms with Gasteiger partial charge in [-0.25, -0.2) is 19.7 Å². The lowest BCUT2D eigenvalue weighted by Gasteiger charge is -2.32. The maximum atomic E-state index is 13.1. The summed E-state index contributed by atoms with van der Waals surface area (Å²) in [6, 6.07) is 8.94. The smallest absolute Gasteiger partial charge is 0.410 e. The van der Waals surface area contributed by atoms with Crippen molar-refractivity contribution >= 4 is 83.8 Å². The molecule has 0 N–H and O–H groups in total. The molecule has 5 heterocycles. The van der Waals surface area contributed by atoms with Gasteiger partial charge in [-0.15, -0.1) is 34.0 Å². The fraction of sp³-hybridized carbons (Fsp3) is 0.607. The minimum absolute atomic E-state index is 0.0683. The van der Waals surface area contributed by atoms with Gasteiger partial charge in [-0.05, 0) is 138 Å². The minimum Gasteiger partial charge on any atom is -0.496 e. The fourth-order valence-electron chi connectivity index (χ4n) is 9.87. The van der Waals surface area contributed by atoms with Crippen LogP contribution in [0.15, 0.2) is 31.8 Å². The summed E-state index contributed by atoms with van der Waals surface area (Å²) in [6.45, 7) is 39.2. The van der Waals surface area contributed by atoms with Crippen molar-refractivity contribution in [3.63, 3.8) is 0 Å². The second-order valence-electron chi connectivity index (χ2n) is 25.7. The SMILES string of the molecule is CCOC(=O)Cc1nc(CC(=O)N2CCC(c3nc(-c4cc(C(C)(C)C)c(OC)c(C(C)(C)C)c4)c(Br)s3)CC2)sc1C.COc1c(C(C)(C)C)cc(-c2nc(C3CCN(C(=O)OC(C)(C)C)CC3)sc2Br)cc1C(C)(C)C. The van der Waals surface area contributed by atoms with Gasteiger partial charge in [0.1, 0.15) is 22.1 Å². The molecule has 2 amide bonds. The second-order valence-corrected chi connectivity index (χ2v) is 31.7. The van der Waals surface area contributed by atoms with Crippen molar-refractivity contribution in [1.29, 1.82) is 0 Å². The molecule has 7 rings (SSSR count). The zero-order chi connectivity index (χ0) is 58.0. The van der Waals surface area contributed by atoms with Gasteiger partial charge >= 0.3 is 12.1 Å². The van der Waals surface area contributed by atoms with Crippen molar-refractivity contribution in [3.8, 4) is 34.0 Å². The number of hydrogen-bond donors (Lipinski definition) is 0. The predicted octanol–water partition coefficient (Wildman–Crippen LogP) is 16.3. The van der Waals surface area contributed by atoms with Crippen LogP contribution in [0.3, 0.4) is 0 Å². The highest BCUT2D eigenvalue weighted by atomic mass is 79.9.